The number of nitrogens with two attached hydrogens (primary N) is 1. The van der Waals surface area contributed by atoms with E-state index in [0.29, 0.717) is 18.3 Å². The van der Waals surface area contributed by atoms with Gasteiger partial charge in [-0.1, -0.05) is 0 Å². The van der Waals surface area contributed by atoms with Crippen molar-refractivity contribution in [2.75, 3.05) is 31.6 Å². The first-order valence-corrected chi connectivity index (χ1v) is 7.61. The van der Waals surface area contributed by atoms with Crippen LogP contribution in [0.3, 0.4) is 0 Å². The monoisotopic (exact) mass is 341 g/mol. The van der Waals surface area contributed by atoms with Crippen molar-refractivity contribution in [3.05, 3.63) is 28.2 Å². The Balaban J connectivity index is 1.74. The molecule has 0 saturated carbocycles. The maximum absolute atomic E-state index is 11.1. The number of primary amides is 1. The molecule has 20 heavy (non-hydrogen) atoms. The number of piperidine rings is 1. The third-order valence-corrected chi connectivity index (χ3v) is 3.97. The molecule has 0 aliphatic carbocycles. The molecule has 110 valence electrons. The van der Waals surface area contributed by atoms with Crippen molar-refractivity contribution in [1.29, 1.82) is 0 Å². The van der Waals surface area contributed by atoms with Gasteiger partial charge in [-0.15, -0.1) is 0 Å². The molecule has 1 fully saturated rings. The van der Waals surface area contributed by atoms with E-state index in [9.17, 15) is 4.79 Å². The first kappa shape index (κ1) is 15.3. The number of carbonyl (C=O) groups is 1. The first-order chi connectivity index (χ1) is 9.66. The van der Waals surface area contributed by atoms with Gasteiger partial charge in [-0.3, -0.25) is 4.79 Å². The van der Waals surface area contributed by atoms with E-state index in [0.717, 1.165) is 42.6 Å². The second-order valence-corrected chi connectivity index (χ2v) is 5.66. The van der Waals surface area contributed by atoms with Gasteiger partial charge in [-0.25, -0.2) is 0 Å². The molecule has 1 aromatic rings. The molecule has 0 radical (unpaired) electrons. The fraction of sp³-hybridized carbons (Fsp3) is 0.500. The maximum atomic E-state index is 11.1. The number of hydrogen-bond donors (Lipinski definition) is 3. The molecular weight excluding hydrogens is 322 g/mol. The summed E-state index contributed by atoms with van der Waals surface area (Å²) in [6, 6.07) is 5.27. The van der Waals surface area contributed by atoms with Crippen LogP contribution in [0.4, 0.5) is 5.69 Å². The summed E-state index contributed by atoms with van der Waals surface area (Å²) in [7, 11) is 0. The van der Waals surface area contributed by atoms with Crippen LogP contribution in [0.25, 0.3) is 0 Å². The molecule has 1 saturated heterocycles. The Morgan fingerprint density at radius 2 is 2.20 bits per heavy atom. The number of halogens is 1. The van der Waals surface area contributed by atoms with Gasteiger partial charge in [0, 0.05) is 22.3 Å². The van der Waals surface area contributed by atoms with E-state index in [2.05, 4.69) is 26.6 Å². The topological polar surface area (TPSA) is 76.4 Å². The molecule has 0 atom stereocenters. The molecular formula is C14H20BrN3O2. The lowest BCUT2D eigenvalue weighted by Gasteiger charge is -2.23. The standard InChI is InChI=1S/C14H20BrN3O2/c15-12-9-10(14(16)19)1-2-13(12)18-7-8-20-11-3-5-17-6-4-11/h1-2,9,11,17-18H,3-8H2,(H2,16,19). The zero-order valence-corrected chi connectivity index (χ0v) is 12.9. The predicted octanol–water partition coefficient (Wildman–Crippen LogP) is 1.73. The van der Waals surface area contributed by atoms with Crippen LogP contribution in [0.15, 0.2) is 22.7 Å². The molecule has 0 unspecified atom stereocenters. The number of amides is 1. The molecule has 6 heteroatoms. The Morgan fingerprint density at radius 1 is 1.45 bits per heavy atom. The summed E-state index contributed by atoms with van der Waals surface area (Å²) in [5.41, 5.74) is 6.66. The third-order valence-electron chi connectivity index (χ3n) is 3.31. The largest absolute Gasteiger partial charge is 0.382 e. The lowest BCUT2D eigenvalue weighted by molar-refractivity contribution is 0.0394. The van der Waals surface area contributed by atoms with Gasteiger partial charge in [-0.05, 0) is 60.1 Å². The molecule has 0 bridgehead atoms. The van der Waals surface area contributed by atoms with Crippen molar-refractivity contribution in [2.45, 2.75) is 18.9 Å². The molecule has 1 aliphatic rings. The van der Waals surface area contributed by atoms with E-state index < -0.39 is 5.91 Å². The second-order valence-electron chi connectivity index (χ2n) is 4.81. The summed E-state index contributed by atoms with van der Waals surface area (Å²) in [4.78, 5) is 11.1. The smallest absolute Gasteiger partial charge is 0.248 e. The van der Waals surface area contributed by atoms with Gasteiger partial charge in [-0.2, -0.15) is 0 Å². The summed E-state index contributed by atoms with van der Waals surface area (Å²) in [5, 5.41) is 6.59. The molecule has 2 rings (SSSR count). The third kappa shape index (κ3) is 4.47. The number of nitrogens with one attached hydrogen (secondary N) is 2. The lowest BCUT2D eigenvalue weighted by Crippen LogP contribution is -2.33. The van der Waals surface area contributed by atoms with Gasteiger partial charge in [0.2, 0.25) is 5.91 Å². The van der Waals surface area contributed by atoms with Crippen LogP contribution in [-0.2, 0) is 4.74 Å². The number of rotatable bonds is 6. The SMILES string of the molecule is NC(=O)c1ccc(NCCOC2CCNCC2)c(Br)c1. The molecule has 0 spiro atoms. The van der Waals surface area contributed by atoms with E-state index in [1.54, 1.807) is 12.1 Å². The highest BCUT2D eigenvalue weighted by Gasteiger charge is 2.12. The van der Waals surface area contributed by atoms with Crippen LogP contribution in [0.2, 0.25) is 0 Å². The summed E-state index contributed by atoms with van der Waals surface area (Å²) in [6.45, 7) is 3.49. The van der Waals surface area contributed by atoms with Gasteiger partial charge in [0.25, 0.3) is 0 Å². The van der Waals surface area contributed by atoms with Crippen molar-refractivity contribution in [1.82, 2.24) is 5.32 Å². The van der Waals surface area contributed by atoms with E-state index in [1.807, 2.05) is 6.07 Å². The highest BCUT2D eigenvalue weighted by Crippen LogP contribution is 2.23. The van der Waals surface area contributed by atoms with Gasteiger partial charge in [0.1, 0.15) is 0 Å². The molecule has 1 heterocycles. The number of anilines is 1. The van der Waals surface area contributed by atoms with Crippen molar-refractivity contribution in [2.24, 2.45) is 5.73 Å². The zero-order valence-electron chi connectivity index (χ0n) is 11.3. The van der Waals surface area contributed by atoms with Crippen LogP contribution in [-0.4, -0.2) is 38.3 Å². The normalized spacial score (nSPS) is 16.1. The van der Waals surface area contributed by atoms with Crippen molar-refractivity contribution < 1.29 is 9.53 Å². The lowest BCUT2D eigenvalue weighted by atomic mass is 10.1. The Labute approximate surface area is 127 Å². The maximum Gasteiger partial charge on any atom is 0.248 e. The predicted molar refractivity (Wildman–Crippen MR) is 83.0 cm³/mol. The van der Waals surface area contributed by atoms with Crippen molar-refractivity contribution >= 4 is 27.5 Å². The number of hydrogen-bond acceptors (Lipinski definition) is 4. The summed E-state index contributed by atoms with van der Waals surface area (Å²) in [6.07, 6.45) is 2.53. The number of benzene rings is 1. The fourth-order valence-corrected chi connectivity index (χ4v) is 2.70. The van der Waals surface area contributed by atoms with Crippen LogP contribution >= 0.6 is 15.9 Å². The molecule has 5 nitrogen and oxygen atoms in total. The minimum absolute atomic E-state index is 0.374. The number of ether oxygens (including phenoxy) is 1. The summed E-state index contributed by atoms with van der Waals surface area (Å²) in [5.74, 6) is -0.425. The fourth-order valence-electron chi connectivity index (χ4n) is 2.19. The average Bonchev–Trinajstić information content (AvgIpc) is 2.46. The van der Waals surface area contributed by atoms with Gasteiger partial charge >= 0.3 is 0 Å². The quantitative estimate of drug-likeness (QED) is 0.688. The Morgan fingerprint density at radius 3 is 2.85 bits per heavy atom. The van der Waals surface area contributed by atoms with Gasteiger partial charge in [0.15, 0.2) is 0 Å². The molecule has 1 amide bonds. The minimum Gasteiger partial charge on any atom is -0.382 e. The van der Waals surface area contributed by atoms with E-state index in [1.165, 1.54) is 0 Å². The highest BCUT2D eigenvalue weighted by molar-refractivity contribution is 9.10. The summed E-state index contributed by atoms with van der Waals surface area (Å²) >= 11 is 3.42. The highest BCUT2D eigenvalue weighted by atomic mass is 79.9. The molecule has 0 aromatic heterocycles. The van der Waals surface area contributed by atoms with Gasteiger partial charge in [0.05, 0.1) is 12.7 Å². The van der Waals surface area contributed by atoms with E-state index in [-0.39, 0.29) is 0 Å². The average molecular weight is 342 g/mol. The zero-order chi connectivity index (χ0) is 14.4. The van der Waals surface area contributed by atoms with Crippen LogP contribution < -0.4 is 16.4 Å². The summed E-state index contributed by atoms with van der Waals surface area (Å²) < 4.78 is 6.64. The first-order valence-electron chi connectivity index (χ1n) is 6.82. The molecule has 4 N–H and O–H groups in total. The second kappa shape index (κ2) is 7.61. The Bertz CT molecular complexity index is 462. The van der Waals surface area contributed by atoms with Crippen LogP contribution in [0.5, 0.6) is 0 Å². The Hall–Kier alpha value is -1.11. The van der Waals surface area contributed by atoms with Gasteiger partial charge < -0.3 is 21.1 Å². The molecule has 1 aliphatic heterocycles. The Kier molecular flexibility index (Phi) is 5.82. The number of carbonyl (C=O) groups excluding carboxylic acids is 1. The van der Waals surface area contributed by atoms with Crippen molar-refractivity contribution in [3.63, 3.8) is 0 Å². The van der Waals surface area contributed by atoms with E-state index in [4.69, 9.17) is 10.5 Å². The van der Waals surface area contributed by atoms with Crippen LogP contribution in [0.1, 0.15) is 23.2 Å². The van der Waals surface area contributed by atoms with Crippen molar-refractivity contribution in [3.8, 4) is 0 Å². The molecule has 1 aromatic carbocycles. The van der Waals surface area contributed by atoms with Crippen LogP contribution in [0, 0.1) is 0 Å². The van der Waals surface area contributed by atoms with E-state index >= 15 is 0 Å². The minimum atomic E-state index is -0.425.